The Morgan fingerprint density at radius 2 is 1.91 bits per heavy atom. The molecule has 124 valence electrons. The lowest BCUT2D eigenvalue weighted by atomic mass is 9.89. The van der Waals surface area contributed by atoms with E-state index in [1.807, 2.05) is 0 Å². The first-order chi connectivity index (χ1) is 11.0. The van der Waals surface area contributed by atoms with Gasteiger partial charge in [0.1, 0.15) is 5.82 Å². The van der Waals surface area contributed by atoms with Crippen molar-refractivity contribution in [3.05, 3.63) is 24.0 Å². The number of carbonyl (C=O) groups is 2. The number of amides is 2. The molecule has 0 saturated carbocycles. The quantitative estimate of drug-likeness (QED) is 0.799. The number of fused-ring (bicyclic) bond motifs is 2. The summed E-state index contributed by atoms with van der Waals surface area (Å²) in [5.41, 5.74) is 0.576. The predicted molar refractivity (Wildman–Crippen MR) is 86.6 cm³/mol. The Balaban J connectivity index is 1.58. The molecule has 2 amide bonds. The minimum absolute atomic E-state index is 0.0586. The van der Waals surface area contributed by atoms with Crippen molar-refractivity contribution in [2.45, 2.75) is 51.1 Å². The minimum Gasteiger partial charge on any atom is -0.326 e. The maximum absolute atomic E-state index is 13.6. The monoisotopic (exact) mass is 319 g/mol. The SMILES string of the molecule is CC(=O)Nc1cc(NC(=O)CC2CC3CCC(C2)N3)ccc1F. The second-order valence-corrected chi connectivity index (χ2v) is 6.60. The van der Waals surface area contributed by atoms with Crippen LogP contribution in [0.2, 0.25) is 0 Å². The Kier molecular flexibility index (Phi) is 4.61. The van der Waals surface area contributed by atoms with Crippen molar-refractivity contribution >= 4 is 23.2 Å². The second-order valence-electron chi connectivity index (χ2n) is 6.60. The summed E-state index contributed by atoms with van der Waals surface area (Å²) in [6.07, 6.45) is 5.00. The van der Waals surface area contributed by atoms with Crippen molar-refractivity contribution in [1.29, 1.82) is 0 Å². The predicted octanol–water partition coefficient (Wildman–Crippen LogP) is 2.64. The van der Waals surface area contributed by atoms with Crippen molar-refractivity contribution in [3.8, 4) is 0 Å². The van der Waals surface area contributed by atoms with E-state index in [0.717, 1.165) is 12.8 Å². The van der Waals surface area contributed by atoms with Gasteiger partial charge in [0.05, 0.1) is 5.69 Å². The van der Waals surface area contributed by atoms with E-state index in [1.54, 1.807) is 0 Å². The zero-order chi connectivity index (χ0) is 16.4. The number of halogens is 1. The van der Waals surface area contributed by atoms with Gasteiger partial charge in [-0.15, -0.1) is 0 Å². The zero-order valence-electron chi connectivity index (χ0n) is 13.2. The first kappa shape index (κ1) is 15.9. The third kappa shape index (κ3) is 4.07. The van der Waals surface area contributed by atoms with Crippen LogP contribution in [-0.2, 0) is 9.59 Å². The highest BCUT2D eigenvalue weighted by molar-refractivity contribution is 5.93. The van der Waals surface area contributed by atoms with Gasteiger partial charge in [-0.25, -0.2) is 4.39 Å². The summed E-state index contributed by atoms with van der Waals surface area (Å²) >= 11 is 0. The van der Waals surface area contributed by atoms with Crippen LogP contribution in [0.1, 0.15) is 39.0 Å². The van der Waals surface area contributed by atoms with Crippen molar-refractivity contribution in [2.75, 3.05) is 10.6 Å². The Hall–Kier alpha value is -1.95. The number of piperidine rings is 1. The fourth-order valence-corrected chi connectivity index (χ4v) is 3.70. The molecule has 1 aromatic carbocycles. The average molecular weight is 319 g/mol. The number of rotatable bonds is 4. The van der Waals surface area contributed by atoms with Crippen molar-refractivity contribution in [3.63, 3.8) is 0 Å². The van der Waals surface area contributed by atoms with E-state index in [0.29, 0.717) is 30.1 Å². The Morgan fingerprint density at radius 1 is 1.22 bits per heavy atom. The van der Waals surface area contributed by atoms with Crippen LogP contribution < -0.4 is 16.0 Å². The van der Waals surface area contributed by atoms with Crippen molar-refractivity contribution < 1.29 is 14.0 Å². The van der Waals surface area contributed by atoms with Crippen LogP contribution in [0.25, 0.3) is 0 Å². The fourth-order valence-electron chi connectivity index (χ4n) is 3.70. The molecule has 2 saturated heterocycles. The molecule has 2 bridgehead atoms. The van der Waals surface area contributed by atoms with Crippen molar-refractivity contribution in [2.24, 2.45) is 5.92 Å². The average Bonchev–Trinajstić information content (AvgIpc) is 2.81. The summed E-state index contributed by atoms with van der Waals surface area (Å²) < 4.78 is 13.6. The highest BCUT2D eigenvalue weighted by atomic mass is 19.1. The lowest BCUT2D eigenvalue weighted by Gasteiger charge is -2.28. The summed E-state index contributed by atoms with van der Waals surface area (Å²) in [5, 5.41) is 8.78. The van der Waals surface area contributed by atoms with Crippen LogP contribution in [0, 0.1) is 11.7 Å². The summed E-state index contributed by atoms with van der Waals surface area (Å²) in [7, 11) is 0. The van der Waals surface area contributed by atoms with E-state index in [4.69, 9.17) is 0 Å². The van der Waals surface area contributed by atoms with E-state index in [9.17, 15) is 14.0 Å². The van der Waals surface area contributed by atoms with Gasteiger partial charge in [0.25, 0.3) is 0 Å². The van der Waals surface area contributed by atoms with E-state index >= 15 is 0 Å². The van der Waals surface area contributed by atoms with Crippen LogP contribution in [-0.4, -0.2) is 23.9 Å². The molecule has 5 nitrogen and oxygen atoms in total. The standard InChI is InChI=1S/C17H22FN3O2/c1-10(22)19-16-9-14(4-5-15(16)18)21-17(23)8-11-6-12-2-3-13(7-11)20-12/h4-5,9,11-13,20H,2-3,6-8H2,1H3,(H,19,22)(H,21,23). The molecule has 3 rings (SSSR count). The number of anilines is 2. The summed E-state index contributed by atoms with van der Waals surface area (Å²) in [6, 6.07) is 5.31. The van der Waals surface area contributed by atoms with Gasteiger partial charge in [-0.1, -0.05) is 0 Å². The normalized spacial score (nSPS) is 25.9. The van der Waals surface area contributed by atoms with Gasteiger partial charge in [-0.3, -0.25) is 9.59 Å². The molecule has 6 heteroatoms. The molecule has 0 radical (unpaired) electrons. The topological polar surface area (TPSA) is 70.2 Å². The summed E-state index contributed by atoms with van der Waals surface area (Å²) in [6.45, 7) is 1.32. The van der Waals surface area contributed by atoms with E-state index in [1.165, 1.54) is 38.0 Å². The molecule has 3 N–H and O–H groups in total. The van der Waals surface area contributed by atoms with Crippen LogP contribution in [0.15, 0.2) is 18.2 Å². The molecule has 2 atom stereocenters. The smallest absolute Gasteiger partial charge is 0.224 e. The molecule has 2 aliphatic heterocycles. The number of hydrogen-bond donors (Lipinski definition) is 3. The van der Waals surface area contributed by atoms with Crippen LogP contribution in [0.3, 0.4) is 0 Å². The van der Waals surface area contributed by atoms with Crippen molar-refractivity contribution in [1.82, 2.24) is 5.32 Å². The molecule has 0 aliphatic carbocycles. The van der Waals surface area contributed by atoms with Gasteiger partial charge in [0.15, 0.2) is 0 Å². The molecule has 2 fully saturated rings. The number of carbonyl (C=O) groups excluding carboxylic acids is 2. The lowest BCUT2D eigenvalue weighted by Crippen LogP contribution is -2.39. The van der Waals surface area contributed by atoms with Gasteiger partial charge in [-0.05, 0) is 49.8 Å². The summed E-state index contributed by atoms with van der Waals surface area (Å²) in [5.74, 6) is -0.522. The van der Waals surface area contributed by atoms with Crippen LogP contribution >= 0.6 is 0 Å². The Morgan fingerprint density at radius 3 is 2.57 bits per heavy atom. The van der Waals surface area contributed by atoms with E-state index in [-0.39, 0.29) is 17.5 Å². The Bertz CT molecular complexity index is 608. The van der Waals surface area contributed by atoms with E-state index < -0.39 is 5.82 Å². The van der Waals surface area contributed by atoms with Gasteiger partial charge < -0.3 is 16.0 Å². The maximum Gasteiger partial charge on any atom is 0.224 e. The first-order valence-corrected chi connectivity index (χ1v) is 8.12. The van der Waals surface area contributed by atoms with E-state index in [2.05, 4.69) is 16.0 Å². The molecule has 0 aromatic heterocycles. The molecular formula is C17H22FN3O2. The Labute approximate surface area is 135 Å². The molecular weight excluding hydrogens is 297 g/mol. The van der Waals surface area contributed by atoms with Crippen LogP contribution in [0.5, 0.6) is 0 Å². The zero-order valence-corrected chi connectivity index (χ0v) is 13.2. The molecule has 0 spiro atoms. The molecule has 2 heterocycles. The van der Waals surface area contributed by atoms with Gasteiger partial charge in [-0.2, -0.15) is 0 Å². The van der Waals surface area contributed by atoms with Gasteiger partial charge in [0, 0.05) is 31.1 Å². The summed E-state index contributed by atoms with van der Waals surface area (Å²) in [4.78, 5) is 23.3. The second kappa shape index (κ2) is 6.66. The largest absolute Gasteiger partial charge is 0.326 e. The molecule has 1 aromatic rings. The first-order valence-electron chi connectivity index (χ1n) is 8.12. The van der Waals surface area contributed by atoms with Crippen LogP contribution in [0.4, 0.5) is 15.8 Å². The molecule has 23 heavy (non-hydrogen) atoms. The highest BCUT2D eigenvalue weighted by Crippen LogP contribution is 2.33. The van der Waals surface area contributed by atoms with Gasteiger partial charge in [0.2, 0.25) is 11.8 Å². The third-order valence-electron chi connectivity index (χ3n) is 4.61. The number of benzene rings is 1. The molecule has 2 aliphatic rings. The number of hydrogen-bond acceptors (Lipinski definition) is 3. The third-order valence-corrected chi connectivity index (χ3v) is 4.61. The fraction of sp³-hybridized carbons (Fsp3) is 0.529. The highest BCUT2D eigenvalue weighted by Gasteiger charge is 2.34. The van der Waals surface area contributed by atoms with Gasteiger partial charge >= 0.3 is 0 Å². The lowest BCUT2D eigenvalue weighted by molar-refractivity contribution is -0.117. The molecule has 2 unspecified atom stereocenters. The maximum atomic E-state index is 13.6. The minimum atomic E-state index is -0.520. The number of nitrogens with one attached hydrogen (secondary N) is 3.